The third-order valence-corrected chi connectivity index (χ3v) is 3.50. The van der Waals surface area contributed by atoms with Crippen LogP contribution in [0.4, 0.5) is 0 Å². The molecule has 0 radical (unpaired) electrons. The summed E-state index contributed by atoms with van der Waals surface area (Å²) in [6.07, 6.45) is 2.24. The number of halogens is 1. The van der Waals surface area contributed by atoms with E-state index < -0.39 is 5.54 Å². The fraction of sp³-hybridized carbons (Fsp3) is 0.636. The van der Waals surface area contributed by atoms with E-state index in [2.05, 4.69) is 21.2 Å². The molecular weight excluding hydrogens is 274 g/mol. The van der Waals surface area contributed by atoms with Crippen LogP contribution in [0.15, 0.2) is 21.2 Å². The van der Waals surface area contributed by atoms with Crippen molar-refractivity contribution in [2.45, 2.75) is 31.8 Å². The molecule has 3 N–H and O–H groups in total. The number of furan rings is 1. The minimum atomic E-state index is -0.661. The number of aliphatic hydroxyl groups is 2. The summed E-state index contributed by atoms with van der Waals surface area (Å²) in [5, 5.41) is 21.9. The van der Waals surface area contributed by atoms with Gasteiger partial charge in [-0.25, -0.2) is 0 Å². The topological polar surface area (TPSA) is 65.6 Å². The monoisotopic (exact) mass is 291 g/mol. The molecule has 1 unspecified atom stereocenters. The van der Waals surface area contributed by atoms with Crippen molar-refractivity contribution in [2.24, 2.45) is 0 Å². The average molecular weight is 292 g/mol. The summed E-state index contributed by atoms with van der Waals surface area (Å²) >= 11 is 3.38. The highest BCUT2D eigenvalue weighted by atomic mass is 79.9. The molecule has 1 aromatic rings. The molecule has 0 spiro atoms. The second-order valence-electron chi connectivity index (χ2n) is 3.95. The highest BCUT2D eigenvalue weighted by Gasteiger charge is 2.29. The smallest absolute Gasteiger partial charge is 0.134 e. The van der Waals surface area contributed by atoms with E-state index in [1.807, 2.05) is 19.9 Å². The Labute approximate surface area is 104 Å². The molecule has 16 heavy (non-hydrogen) atoms. The quantitative estimate of drug-likeness (QED) is 0.748. The molecular formula is C11H18BrNO3. The minimum absolute atomic E-state index is 0.0800. The second-order valence-corrected chi connectivity index (χ2v) is 4.80. The highest BCUT2D eigenvalue weighted by Crippen LogP contribution is 2.26. The summed E-state index contributed by atoms with van der Waals surface area (Å²) < 4.78 is 6.22. The Bertz CT molecular complexity index is 315. The van der Waals surface area contributed by atoms with Crippen molar-refractivity contribution in [3.05, 3.63) is 22.6 Å². The summed E-state index contributed by atoms with van der Waals surface area (Å²) in [6.45, 7) is 3.63. The van der Waals surface area contributed by atoms with Gasteiger partial charge in [-0.1, -0.05) is 6.92 Å². The van der Waals surface area contributed by atoms with Crippen molar-refractivity contribution in [2.75, 3.05) is 13.2 Å². The van der Waals surface area contributed by atoms with E-state index in [9.17, 15) is 10.2 Å². The Morgan fingerprint density at radius 3 is 2.50 bits per heavy atom. The van der Waals surface area contributed by atoms with E-state index in [-0.39, 0.29) is 19.3 Å². The van der Waals surface area contributed by atoms with E-state index in [0.29, 0.717) is 6.42 Å². The third kappa shape index (κ3) is 2.85. The van der Waals surface area contributed by atoms with Gasteiger partial charge in [0.05, 0.1) is 35.5 Å². The van der Waals surface area contributed by atoms with Crippen LogP contribution in [0.25, 0.3) is 0 Å². The first kappa shape index (κ1) is 13.7. The molecule has 1 atom stereocenters. The minimum Gasteiger partial charge on any atom is -0.466 e. The molecule has 1 rings (SSSR count). The maximum atomic E-state index is 9.33. The number of nitrogens with one attached hydrogen (secondary N) is 1. The van der Waals surface area contributed by atoms with E-state index in [1.54, 1.807) is 6.26 Å². The van der Waals surface area contributed by atoms with Gasteiger partial charge < -0.3 is 14.6 Å². The zero-order valence-electron chi connectivity index (χ0n) is 9.53. The molecule has 0 saturated heterocycles. The molecule has 0 saturated carbocycles. The summed E-state index contributed by atoms with van der Waals surface area (Å²) in [7, 11) is 0. The van der Waals surface area contributed by atoms with Crippen LogP contribution in [-0.4, -0.2) is 29.0 Å². The van der Waals surface area contributed by atoms with Gasteiger partial charge in [0.15, 0.2) is 0 Å². The molecule has 4 nitrogen and oxygen atoms in total. The van der Waals surface area contributed by atoms with Gasteiger partial charge in [-0.3, -0.25) is 5.32 Å². The number of hydrogen-bond donors (Lipinski definition) is 3. The van der Waals surface area contributed by atoms with E-state index >= 15 is 0 Å². The molecule has 0 aromatic carbocycles. The molecule has 0 aliphatic heterocycles. The SMILES string of the molecule is CCC(CO)(CO)NC(C)c1occc1Br. The third-order valence-electron chi connectivity index (χ3n) is 2.84. The molecule has 1 heterocycles. The second kappa shape index (κ2) is 5.82. The van der Waals surface area contributed by atoms with Gasteiger partial charge in [-0.05, 0) is 35.3 Å². The zero-order chi connectivity index (χ0) is 12.2. The summed E-state index contributed by atoms with van der Waals surface area (Å²) in [5.41, 5.74) is -0.661. The van der Waals surface area contributed by atoms with Gasteiger partial charge in [-0.15, -0.1) is 0 Å². The van der Waals surface area contributed by atoms with Crippen molar-refractivity contribution < 1.29 is 14.6 Å². The fourth-order valence-corrected chi connectivity index (χ4v) is 2.15. The Hall–Kier alpha value is -0.360. The molecule has 0 fully saturated rings. The van der Waals surface area contributed by atoms with Crippen molar-refractivity contribution in [3.63, 3.8) is 0 Å². The normalized spacial score (nSPS) is 14.1. The fourth-order valence-electron chi connectivity index (χ4n) is 1.61. The Morgan fingerprint density at radius 1 is 1.50 bits per heavy atom. The average Bonchev–Trinajstić information content (AvgIpc) is 2.72. The van der Waals surface area contributed by atoms with Crippen LogP contribution in [0.1, 0.15) is 32.1 Å². The maximum Gasteiger partial charge on any atom is 0.134 e. The summed E-state index contributed by atoms with van der Waals surface area (Å²) in [6, 6.07) is 1.74. The van der Waals surface area contributed by atoms with Crippen molar-refractivity contribution >= 4 is 15.9 Å². The van der Waals surface area contributed by atoms with Gasteiger partial charge in [0.25, 0.3) is 0 Å². The van der Waals surface area contributed by atoms with Crippen LogP contribution in [0.5, 0.6) is 0 Å². The Kier molecular flexibility index (Phi) is 4.98. The van der Waals surface area contributed by atoms with Gasteiger partial charge >= 0.3 is 0 Å². The Morgan fingerprint density at radius 2 is 2.12 bits per heavy atom. The van der Waals surface area contributed by atoms with Crippen molar-refractivity contribution in [1.29, 1.82) is 0 Å². The van der Waals surface area contributed by atoms with Crippen molar-refractivity contribution in [3.8, 4) is 0 Å². The van der Waals surface area contributed by atoms with Gasteiger partial charge in [0, 0.05) is 0 Å². The standard InChI is InChI=1S/C11H18BrNO3/c1-3-11(6-14,7-15)13-8(2)10-9(12)4-5-16-10/h4-5,8,13-15H,3,6-7H2,1-2H3. The molecule has 92 valence electrons. The van der Waals surface area contributed by atoms with Gasteiger partial charge in [0.1, 0.15) is 5.76 Å². The van der Waals surface area contributed by atoms with Crippen LogP contribution < -0.4 is 5.32 Å². The first-order valence-corrected chi connectivity index (χ1v) is 6.10. The van der Waals surface area contributed by atoms with Crippen LogP contribution in [0.3, 0.4) is 0 Å². The molecule has 1 aromatic heterocycles. The number of aliphatic hydroxyl groups excluding tert-OH is 2. The van der Waals surface area contributed by atoms with E-state index in [0.717, 1.165) is 10.2 Å². The van der Waals surface area contributed by atoms with Crippen molar-refractivity contribution in [1.82, 2.24) is 5.32 Å². The maximum absolute atomic E-state index is 9.33. The Balaban J connectivity index is 2.76. The summed E-state index contributed by atoms with van der Waals surface area (Å²) in [4.78, 5) is 0. The van der Waals surface area contributed by atoms with Gasteiger partial charge in [0.2, 0.25) is 0 Å². The summed E-state index contributed by atoms with van der Waals surface area (Å²) in [5.74, 6) is 0.764. The first-order valence-electron chi connectivity index (χ1n) is 5.31. The molecule has 0 amide bonds. The van der Waals surface area contributed by atoms with Gasteiger partial charge in [-0.2, -0.15) is 0 Å². The lowest BCUT2D eigenvalue weighted by Crippen LogP contribution is -2.52. The number of hydrogen-bond acceptors (Lipinski definition) is 4. The lowest BCUT2D eigenvalue weighted by Gasteiger charge is -2.32. The zero-order valence-corrected chi connectivity index (χ0v) is 11.1. The van der Waals surface area contributed by atoms with E-state index in [4.69, 9.17) is 4.42 Å². The lowest BCUT2D eigenvalue weighted by atomic mass is 9.97. The number of rotatable bonds is 6. The molecule has 5 heteroatoms. The largest absolute Gasteiger partial charge is 0.466 e. The predicted molar refractivity (Wildman–Crippen MR) is 65.2 cm³/mol. The van der Waals surface area contributed by atoms with Crippen LogP contribution in [-0.2, 0) is 0 Å². The first-order chi connectivity index (χ1) is 7.58. The highest BCUT2D eigenvalue weighted by molar-refractivity contribution is 9.10. The van der Waals surface area contributed by atoms with Crippen LogP contribution in [0.2, 0.25) is 0 Å². The lowest BCUT2D eigenvalue weighted by molar-refractivity contribution is 0.0768. The van der Waals surface area contributed by atoms with Crippen LogP contribution in [0, 0.1) is 0 Å². The molecule has 0 bridgehead atoms. The molecule has 0 aliphatic rings. The van der Waals surface area contributed by atoms with Crippen LogP contribution >= 0.6 is 15.9 Å². The predicted octanol–water partition coefficient (Wildman–Crippen LogP) is 1.83. The molecule has 0 aliphatic carbocycles. The van der Waals surface area contributed by atoms with E-state index in [1.165, 1.54) is 0 Å².